The highest BCUT2D eigenvalue weighted by molar-refractivity contribution is 6.01. The van der Waals surface area contributed by atoms with E-state index >= 15 is 0 Å². The molecule has 2 aromatic carbocycles. The van der Waals surface area contributed by atoms with Crippen LogP contribution in [-0.4, -0.2) is 31.1 Å². The van der Waals surface area contributed by atoms with E-state index in [0.29, 0.717) is 30.3 Å². The van der Waals surface area contributed by atoms with Gasteiger partial charge in [-0.3, -0.25) is 4.79 Å². The van der Waals surface area contributed by atoms with Crippen molar-refractivity contribution >= 4 is 17.8 Å². The van der Waals surface area contributed by atoms with E-state index in [2.05, 4.69) is 6.92 Å². The molecule has 0 aliphatic carbocycles. The van der Waals surface area contributed by atoms with Crippen molar-refractivity contribution in [1.29, 1.82) is 0 Å². The Morgan fingerprint density at radius 1 is 1.07 bits per heavy atom. The number of benzene rings is 2. The highest BCUT2D eigenvalue weighted by atomic mass is 16.6. The SMILES string of the molecule is CCc1ccc(C(=O)[C@@H](C)OC(=O)/C=C/c2ccc3c(c2)OCCO3)cc1. The zero-order chi connectivity index (χ0) is 19.2. The molecule has 2 aromatic rings. The second-order valence-corrected chi connectivity index (χ2v) is 6.23. The second-order valence-electron chi connectivity index (χ2n) is 6.23. The molecule has 1 aliphatic rings. The molecular weight excluding hydrogens is 344 g/mol. The van der Waals surface area contributed by atoms with Gasteiger partial charge in [0.1, 0.15) is 13.2 Å². The number of ketones is 1. The van der Waals surface area contributed by atoms with Gasteiger partial charge in [-0.05, 0) is 42.7 Å². The Balaban J connectivity index is 1.59. The smallest absolute Gasteiger partial charge is 0.331 e. The molecule has 0 saturated heterocycles. The molecule has 1 atom stereocenters. The minimum Gasteiger partial charge on any atom is -0.486 e. The van der Waals surface area contributed by atoms with Crippen LogP contribution in [0.25, 0.3) is 6.08 Å². The van der Waals surface area contributed by atoms with Crippen LogP contribution in [0.5, 0.6) is 11.5 Å². The van der Waals surface area contributed by atoms with E-state index < -0.39 is 12.1 Å². The summed E-state index contributed by atoms with van der Waals surface area (Å²) < 4.78 is 16.2. The van der Waals surface area contributed by atoms with Crippen LogP contribution in [0.3, 0.4) is 0 Å². The lowest BCUT2D eigenvalue weighted by molar-refractivity contribution is -0.140. The number of esters is 1. The van der Waals surface area contributed by atoms with Crippen molar-refractivity contribution < 1.29 is 23.8 Å². The molecule has 0 N–H and O–H groups in total. The molecule has 0 aromatic heterocycles. The predicted molar refractivity (Wildman–Crippen MR) is 102 cm³/mol. The number of fused-ring (bicyclic) bond motifs is 1. The summed E-state index contributed by atoms with van der Waals surface area (Å²) >= 11 is 0. The Morgan fingerprint density at radius 3 is 2.48 bits per heavy atom. The molecule has 1 aliphatic heterocycles. The van der Waals surface area contributed by atoms with Crippen LogP contribution in [0.1, 0.15) is 35.3 Å². The number of hydrogen-bond acceptors (Lipinski definition) is 5. The zero-order valence-electron chi connectivity index (χ0n) is 15.4. The second kappa shape index (κ2) is 8.54. The van der Waals surface area contributed by atoms with Crippen molar-refractivity contribution in [3.63, 3.8) is 0 Å². The van der Waals surface area contributed by atoms with Crippen LogP contribution in [-0.2, 0) is 16.0 Å². The minimum atomic E-state index is -0.852. The number of ether oxygens (including phenoxy) is 3. The Hall–Kier alpha value is -3.08. The summed E-state index contributed by atoms with van der Waals surface area (Å²) in [5.74, 6) is 0.541. The molecule has 27 heavy (non-hydrogen) atoms. The van der Waals surface area contributed by atoms with E-state index in [1.54, 1.807) is 37.3 Å². The molecule has 0 unspecified atom stereocenters. The van der Waals surface area contributed by atoms with Gasteiger partial charge in [-0.1, -0.05) is 37.3 Å². The van der Waals surface area contributed by atoms with Gasteiger partial charge in [0.15, 0.2) is 17.6 Å². The maximum atomic E-state index is 12.4. The van der Waals surface area contributed by atoms with Crippen LogP contribution in [0.2, 0.25) is 0 Å². The number of rotatable bonds is 6. The summed E-state index contributed by atoms with van der Waals surface area (Å²) in [4.78, 5) is 24.4. The average molecular weight is 366 g/mol. The first kappa shape index (κ1) is 18.7. The number of Topliss-reactive ketones (excluding diaryl/α,β-unsaturated/α-hetero) is 1. The Morgan fingerprint density at radius 2 is 1.78 bits per heavy atom. The Labute approximate surface area is 158 Å². The van der Waals surface area contributed by atoms with Crippen LogP contribution < -0.4 is 9.47 Å². The van der Waals surface area contributed by atoms with Gasteiger partial charge in [0, 0.05) is 11.6 Å². The lowest BCUT2D eigenvalue weighted by atomic mass is 10.0. The summed E-state index contributed by atoms with van der Waals surface area (Å²) in [6.45, 7) is 4.66. The zero-order valence-corrected chi connectivity index (χ0v) is 15.4. The van der Waals surface area contributed by atoms with E-state index in [-0.39, 0.29) is 5.78 Å². The summed E-state index contributed by atoms with van der Waals surface area (Å²) in [7, 11) is 0. The maximum Gasteiger partial charge on any atom is 0.331 e. The van der Waals surface area contributed by atoms with Gasteiger partial charge in [0.25, 0.3) is 0 Å². The molecule has 140 valence electrons. The molecule has 5 heteroatoms. The summed E-state index contributed by atoms with van der Waals surface area (Å²) in [6.07, 6.45) is 2.97. The molecule has 0 fully saturated rings. The fourth-order valence-corrected chi connectivity index (χ4v) is 2.73. The van der Waals surface area contributed by atoms with Crippen LogP contribution in [0.4, 0.5) is 0 Å². The molecule has 0 radical (unpaired) electrons. The quantitative estimate of drug-likeness (QED) is 0.441. The van der Waals surface area contributed by atoms with Crippen molar-refractivity contribution in [3.05, 3.63) is 65.2 Å². The molecule has 0 amide bonds. The Bertz CT molecular complexity index is 852. The van der Waals surface area contributed by atoms with Gasteiger partial charge in [0.05, 0.1) is 0 Å². The van der Waals surface area contributed by atoms with Gasteiger partial charge in [-0.2, -0.15) is 0 Å². The number of aryl methyl sites for hydroxylation is 1. The third-order valence-electron chi connectivity index (χ3n) is 4.29. The number of hydrogen-bond donors (Lipinski definition) is 0. The Kier molecular flexibility index (Phi) is 5.91. The van der Waals surface area contributed by atoms with Gasteiger partial charge >= 0.3 is 5.97 Å². The molecule has 3 rings (SSSR count). The first-order chi connectivity index (χ1) is 13.1. The summed E-state index contributed by atoms with van der Waals surface area (Å²) in [5.41, 5.74) is 2.47. The van der Waals surface area contributed by atoms with E-state index in [9.17, 15) is 9.59 Å². The summed E-state index contributed by atoms with van der Waals surface area (Å²) in [5, 5.41) is 0. The molecular formula is C22H22O5. The van der Waals surface area contributed by atoms with Crippen molar-refractivity contribution in [2.45, 2.75) is 26.4 Å². The van der Waals surface area contributed by atoms with Crippen molar-refractivity contribution in [1.82, 2.24) is 0 Å². The van der Waals surface area contributed by atoms with Crippen molar-refractivity contribution in [2.75, 3.05) is 13.2 Å². The number of carbonyl (C=O) groups excluding carboxylic acids is 2. The maximum absolute atomic E-state index is 12.4. The standard InChI is InChI=1S/C22H22O5/c1-3-16-4-8-18(9-5-16)22(24)15(2)27-21(23)11-7-17-6-10-19-20(14-17)26-13-12-25-19/h4-11,14-15H,3,12-13H2,1-2H3/b11-7+/t15-/m1/s1. The molecule has 0 bridgehead atoms. The van der Waals surface area contributed by atoms with Gasteiger partial charge in [-0.25, -0.2) is 4.79 Å². The van der Waals surface area contributed by atoms with Crippen LogP contribution in [0, 0.1) is 0 Å². The topological polar surface area (TPSA) is 61.8 Å². The third kappa shape index (κ3) is 4.76. The first-order valence-corrected chi connectivity index (χ1v) is 8.98. The third-order valence-corrected chi connectivity index (χ3v) is 4.29. The highest BCUT2D eigenvalue weighted by Gasteiger charge is 2.18. The van der Waals surface area contributed by atoms with Crippen molar-refractivity contribution in [3.8, 4) is 11.5 Å². The predicted octanol–water partition coefficient (Wildman–Crippen LogP) is 3.85. The first-order valence-electron chi connectivity index (χ1n) is 8.98. The van der Waals surface area contributed by atoms with Gasteiger partial charge in [-0.15, -0.1) is 0 Å². The monoisotopic (exact) mass is 366 g/mol. The largest absolute Gasteiger partial charge is 0.486 e. The van der Waals surface area contributed by atoms with E-state index in [1.165, 1.54) is 6.08 Å². The summed E-state index contributed by atoms with van der Waals surface area (Å²) in [6, 6.07) is 12.7. The van der Waals surface area contributed by atoms with E-state index in [1.807, 2.05) is 18.2 Å². The lowest BCUT2D eigenvalue weighted by Gasteiger charge is -2.18. The lowest BCUT2D eigenvalue weighted by Crippen LogP contribution is -2.23. The fraction of sp³-hybridized carbons (Fsp3) is 0.273. The average Bonchev–Trinajstić information content (AvgIpc) is 2.71. The van der Waals surface area contributed by atoms with Crippen molar-refractivity contribution in [2.24, 2.45) is 0 Å². The minimum absolute atomic E-state index is 0.223. The van der Waals surface area contributed by atoms with Gasteiger partial charge < -0.3 is 14.2 Å². The molecule has 1 heterocycles. The molecule has 0 saturated carbocycles. The van der Waals surface area contributed by atoms with E-state index in [4.69, 9.17) is 14.2 Å². The normalized spacial score (nSPS) is 14.0. The highest BCUT2D eigenvalue weighted by Crippen LogP contribution is 2.31. The van der Waals surface area contributed by atoms with E-state index in [0.717, 1.165) is 17.5 Å². The molecule has 5 nitrogen and oxygen atoms in total. The van der Waals surface area contributed by atoms with Crippen LogP contribution >= 0.6 is 0 Å². The molecule has 0 spiro atoms. The fourth-order valence-electron chi connectivity index (χ4n) is 2.73. The van der Waals surface area contributed by atoms with Gasteiger partial charge in [0.2, 0.25) is 5.78 Å². The number of carbonyl (C=O) groups is 2. The van der Waals surface area contributed by atoms with Crippen LogP contribution in [0.15, 0.2) is 48.5 Å².